The van der Waals surface area contributed by atoms with Crippen LogP contribution in [0.25, 0.3) is 6.08 Å². The maximum absolute atomic E-state index is 13.5. The number of benzene rings is 3. The Balaban J connectivity index is 1.58. The van der Waals surface area contributed by atoms with E-state index in [0.717, 1.165) is 11.3 Å². The largest absolute Gasteiger partial charge is 0.493 e. The first-order valence-corrected chi connectivity index (χ1v) is 14.7. The second-order valence-corrected chi connectivity index (χ2v) is 10.5. The second kappa shape index (κ2) is 14.8. The number of carbonyl (C=O) groups excluding carboxylic acids is 4. The molecule has 1 fully saturated rings. The average molecular weight is 687 g/mol. The van der Waals surface area contributed by atoms with E-state index in [-0.39, 0.29) is 36.0 Å². The number of nitrogens with one attached hydrogen (secondary N) is 2. The molecule has 0 aliphatic carbocycles. The van der Waals surface area contributed by atoms with Crippen molar-refractivity contribution in [2.75, 3.05) is 37.1 Å². The van der Waals surface area contributed by atoms with Crippen molar-refractivity contribution in [3.05, 3.63) is 75.2 Å². The van der Waals surface area contributed by atoms with Crippen molar-refractivity contribution >= 4 is 68.7 Å². The molecule has 2 N–H and O–H groups in total. The van der Waals surface area contributed by atoms with Gasteiger partial charge in [-0.1, -0.05) is 18.5 Å². The van der Waals surface area contributed by atoms with Crippen LogP contribution in [0.1, 0.15) is 25.8 Å². The fourth-order valence-corrected chi connectivity index (χ4v) is 4.83. The smallest absolute Gasteiger partial charge is 0.335 e. The van der Waals surface area contributed by atoms with Crippen LogP contribution in [0, 0.1) is 0 Å². The predicted molar refractivity (Wildman–Crippen MR) is 169 cm³/mol. The highest BCUT2D eigenvalue weighted by atomic mass is 79.9. The lowest BCUT2D eigenvalue weighted by atomic mass is 10.1. The molecule has 3 aromatic rings. The monoisotopic (exact) mass is 685 g/mol. The molecule has 0 aromatic heterocycles. The predicted octanol–water partition coefficient (Wildman–Crippen LogP) is 5.98. The number of carbonyl (C=O) groups is 4. The number of halogens is 2. The van der Waals surface area contributed by atoms with Crippen molar-refractivity contribution in [1.82, 2.24) is 5.32 Å². The van der Waals surface area contributed by atoms with Crippen molar-refractivity contribution in [1.29, 1.82) is 0 Å². The lowest BCUT2D eigenvalue weighted by Crippen LogP contribution is -2.54. The molecule has 44 heavy (non-hydrogen) atoms. The lowest BCUT2D eigenvalue weighted by molar-refractivity contribution is -0.122. The summed E-state index contributed by atoms with van der Waals surface area (Å²) in [4.78, 5) is 52.4. The molecule has 0 saturated carbocycles. The molecule has 5 amide bonds. The highest BCUT2D eigenvalue weighted by molar-refractivity contribution is 9.10. The molecule has 230 valence electrons. The Kier molecular flexibility index (Phi) is 10.9. The van der Waals surface area contributed by atoms with Crippen LogP contribution in [-0.2, 0) is 14.4 Å². The molecule has 0 unspecified atom stereocenters. The van der Waals surface area contributed by atoms with Gasteiger partial charge in [0.25, 0.3) is 17.7 Å². The van der Waals surface area contributed by atoms with Crippen LogP contribution in [0.4, 0.5) is 16.2 Å². The van der Waals surface area contributed by atoms with Crippen LogP contribution < -0.4 is 34.5 Å². The number of urea groups is 1. The fraction of sp³-hybridized carbons (Fsp3) is 0.226. The number of ether oxygens (including phenoxy) is 4. The van der Waals surface area contributed by atoms with Crippen molar-refractivity contribution in [2.24, 2.45) is 0 Å². The molecule has 1 aliphatic heterocycles. The Labute approximate surface area is 267 Å². The number of rotatable bonds is 12. The normalized spacial score (nSPS) is 13.9. The van der Waals surface area contributed by atoms with Gasteiger partial charge >= 0.3 is 6.03 Å². The number of hydrogen-bond donors (Lipinski definition) is 2. The zero-order valence-electron chi connectivity index (χ0n) is 24.1. The second-order valence-electron chi connectivity index (χ2n) is 9.25. The van der Waals surface area contributed by atoms with Gasteiger partial charge in [0.15, 0.2) is 29.6 Å². The standard InChI is InChI=1S/C31H29BrClN3O8/c1-4-12-43-24-11-10-21(16-25(24)41-3)36-30(39)22(29(38)35-31(36)40)13-18-14-23(32)28(26(15-18)42-5-2)44-17-27(37)34-20-8-6-19(33)7-9-20/h6-11,13-16H,4-5,12,17H2,1-3H3,(H,34,37)(H,35,38,40)/b22-13+. The van der Waals surface area contributed by atoms with Crippen molar-refractivity contribution in [3.63, 3.8) is 0 Å². The van der Waals surface area contributed by atoms with Crippen molar-refractivity contribution < 1.29 is 38.1 Å². The molecule has 3 aromatic carbocycles. The van der Waals surface area contributed by atoms with E-state index in [1.54, 1.807) is 49.4 Å². The van der Waals surface area contributed by atoms with Gasteiger partial charge < -0.3 is 24.3 Å². The van der Waals surface area contributed by atoms with Gasteiger partial charge in [-0.15, -0.1) is 0 Å². The third-order valence-corrected chi connectivity index (χ3v) is 6.93. The van der Waals surface area contributed by atoms with Crippen LogP contribution in [0.3, 0.4) is 0 Å². The number of nitrogens with zero attached hydrogens (tertiary/aromatic N) is 1. The van der Waals surface area contributed by atoms with Crippen LogP contribution in [0.15, 0.2) is 64.6 Å². The molecule has 0 radical (unpaired) electrons. The maximum atomic E-state index is 13.5. The van der Waals surface area contributed by atoms with Gasteiger partial charge in [0, 0.05) is 16.8 Å². The molecule has 1 aliphatic rings. The molecule has 0 atom stereocenters. The number of barbiturate groups is 1. The zero-order valence-corrected chi connectivity index (χ0v) is 26.4. The Morgan fingerprint density at radius 2 is 1.73 bits per heavy atom. The third kappa shape index (κ3) is 7.69. The highest BCUT2D eigenvalue weighted by Gasteiger charge is 2.37. The number of methoxy groups -OCH3 is 1. The van der Waals surface area contributed by atoms with Gasteiger partial charge in [0.1, 0.15) is 5.57 Å². The van der Waals surface area contributed by atoms with E-state index in [4.69, 9.17) is 30.5 Å². The average Bonchev–Trinajstić information content (AvgIpc) is 2.99. The number of amides is 5. The Hall–Kier alpha value is -4.55. The van der Waals surface area contributed by atoms with E-state index in [2.05, 4.69) is 26.6 Å². The van der Waals surface area contributed by atoms with E-state index < -0.39 is 23.8 Å². The topological polar surface area (TPSA) is 132 Å². The highest BCUT2D eigenvalue weighted by Crippen LogP contribution is 2.38. The van der Waals surface area contributed by atoms with Crippen molar-refractivity contribution in [2.45, 2.75) is 20.3 Å². The summed E-state index contributed by atoms with van der Waals surface area (Å²) >= 11 is 9.32. The summed E-state index contributed by atoms with van der Waals surface area (Å²) in [5.74, 6) is -0.833. The molecule has 0 bridgehead atoms. The van der Waals surface area contributed by atoms with Crippen molar-refractivity contribution in [3.8, 4) is 23.0 Å². The first kappa shape index (κ1) is 32.4. The number of hydrogen-bond acceptors (Lipinski definition) is 8. The van der Waals surface area contributed by atoms with E-state index in [9.17, 15) is 19.2 Å². The van der Waals surface area contributed by atoms with E-state index in [0.29, 0.717) is 38.9 Å². The molecule has 11 nitrogen and oxygen atoms in total. The van der Waals surface area contributed by atoms with E-state index >= 15 is 0 Å². The summed E-state index contributed by atoms with van der Waals surface area (Å²) in [5.41, 5.74) is 0.840. The Bertz CT molecular complexity index is 1610. The fourth-order valence-electron chi connectivity index (χ4n) is 4.13. The molecule has 1 saturated heterocycles. The SMILES string of the molecule is CCCOc1ccc(N2C(=O)NC(=O)/C(=C\c3cc(Br)c(OCC(=O)Nc4ccc(Cl)cc4)c(OCC)c3)C2=O)cc1OC. The third-order valence-electron chi connectivity index (χ3n) is 6.09. The minimum atomic E-state index is -0.904. The van der Waals surface area contributed by atoms with Gasteiger partial charge in [-0.05, 0) is 89.4 Å². The van der Waals surface area contributed by atoms with Crippen LogP contribution in [-0.4, -0.2) is 50.7 Å². The van der Waals surface area contributed by atoms with Gasteiger partial charge in [0.05, 0.1) is 30.5 Å². The molecule has 4 rings (SSSR count). The van der Waals surface area contributed by atoms with Crippen LogP contribution >= 0.6 is 27.5 Å². The summed E-state index contributed by atoms with van der Waals surface area (Å²) < 4.78 is 22.9. The van der Waals surface area contributed by atoms with Gasteiger partial charge in [-0.3, -0.25) is 19.7 Å². The summed E-state index contributed by atoms with van der Waals surface area (Å²) in [6.45, 7) is 4.12. The Morgan fingerprint density at radius 1 is 0.977 bits per heavy atom. The van der Waals surface area contributed by atoms with E-state index in [1.165, 1.54) is 25.3 Å². The summed E-state index contributed by atoms with van der Waals surface area (Å²) in [7, 11) is 1.44. The molecular weight excluding hydrogens is 658 g/mol. The van der Waals surface area contributed by atoms with Gasteiger partial charge in [0.2, 0.25) is 0 Å². The molecular formula is C31H29BrClN3O8. The molecule has 13 heteroatoms. The Morgan fingerprint density at radius 3 is 2.41 bits per heavy atom. The summed E-state index contributed by atoms with van der Waals surface area (Å²) in [6, 6.07) is 13.5. The number of imide groups is 2. The van der Waals surface area contributed by atoms with Crippen LogP contribution in [0.5, 0.6) is 23.0 Å². The minimum Gasteiger partial charge on any atom is -0.493 e. The lowest BCUT2D eigenvalue weighted by Gasteiger charge is -2.27. The first-order valence-electron chi connectivity index (χ1n) is 13.5. The quantitative estimate of drug-likeness (QED) is 0.176. The summed E-state index contributed by atoms with van der Waals surface area (Å²) in [5, 5.41) is 5.45. The minimum absolute atomic E-state index is 0.184. The van der Waals surface area contributed by atoms with E-state index in [1.807, 2.05) is 6.92 Å². The number of anilines is 2. The van der Waals surface area contributed by atoms with Gasteiger partial charge in [-0.25, -0.2) is 9.69 Å². The maximum Gasteiger partial charge on any atom is 0.335 e. The van der Waals surface area contributed by atoms with Crippen LogP contribution in [0.2, 0.25) is 5.02 Å². The van der Waals surface area contributed by atoms with Gasteiger partial charge in [-0.2, -0.15) is 0 Å². The molecule has 1 heterocycles. The first-order chi connectivity index (χ1) is 21.1. The summed E-state index contributed by atoms with van der Waals surface area (Å²) in [6.07, 6.45) is 2.11. The zero-order chi connectivity index (χ0) is 31.8. The molecule has 0 spiro atoms.